The van der Waals surface area contributed by atoms with Crippen molar-refractivity contribution >= 4 is 29.1 Å². The number of amides is 3. The van der Waals surface area contributed by atoms with Crippen molar-refractivity contribution in [2.45, 2.75) is 51.6 Å². The van der Waals surface area contributed by atoms with Crippen LogP contribution in [0.15, 0.2) is 42.5 Å². The lowest BCUT2D eigenvalue weighted by atomic mass is 9.95. The number of nitrogens with zero attached hydrogens (tertiary/aromatic N) is 3. The molecule has 3 heterocycles. The van der Waals surface area contributed by atoms with Crippen molar-refractivity contribution in [2.24, 2.45) is 0 Å². The highest BCUT2D eigenvalue weighted by molar-refractivity contribution is 6.09. The Morgan fingerprint density at radius 1 is 0.972 bits per heavy atom. The third-order valence-electron chi connectivity index (χ3n) is 7.30. The van der Waals surface area contributed by atoms with Crippen LogP contribution in [-0.4, -0.2) is 61.4 Å². The highest BCUT2D eigenvalue weighted by Crippen LogP contribution is 2.40. The largest absolute Gasteiger partial charge is 0.494 e. The smallest absolute Gasteiger partial charge is 0.253 e. The molecule has 1 atom stereocenters. The Morgan fingerprint density at radius 2 is 1.72 bits per heavy atom. The van der Waals surface area contributed by atoms with E-state index in [4.69, 9.17) is 4.74 Å². The molecule has 2 aromatic rings. The van der Waals surface area contributed by atoms with E-state index in [0.29, 0.717) is 24.4 Å². The molecule has 0 aliphatic carbocycles. The summed E-state index contributed by atoms with van der Waals surface area (Å²) in [6.45, 7) is 5.16. The second kappa shape index (κ2) is 10.6. The number of ether oxygens (including phenoxy) is 1. The first-order valence-corrected chi connectivity index (χ1v) is 13.0. The Kier molecular flexibility index (Phi) is 7.11. The average Bonchev–Trinajstić information content (AvgIpc) is 3.45. The zero-order chi connectivity index (χ0) is 25.1. The number of carbonyl (C=O) groups excluding carboxylic acids is 3. The van der Waals surface area contributed by atoms with Gasteiger partial charge in [0.05, 0.1) is 18.0 Å². The van der Waals surface area contributed by atoms with Crippen LogP contribution in [0.2, 0.25) is 0 Å². The first-order chi connectivity index (χ1) is 17.5. The lowest BCUT2D eigenvalue weighted by molar-refractivity contribution is -0.125. The van der Waals surface area contributed by atoms with Crippen molar-refractivity contribution < 1.29 is 19.1 Å². The molecule has 36 heavy (non-hydrogen) atoms. The summed E-state index contributed by atoms with van der Waals surface area (Å²) in [6, 6.07) is 13.0. The number of benzene rings is 2. The molecule has 190 valence electrons. The van der Waals surface area contributed by atoms with E-state index >= 15 is 0 Å². The zero-order valence-corrected chi connectivity index (χ0v) is 20.9. The normalized spacial score (nSPS) is 19.1. The van der Waals surface area contributed by atoms with Crippen LogP contribution in [0.3, 0.4) is 0 Å². The minimum atomic E-state index is -0.259. The predicted octanol–water partition coefficient (Wildman–Crippen LogP) is 3.34. The highest BCUT2D eigenvalue weighted by atomic mass is 16.5. The number of carbonyl (C=O) groups is 3. The van der Waals surface area contributed by atoms with Crippen LogP contribution in [0, 0.1) is 0 Å². The van der Waals surface area contributed by atoms with Gasteiger partial charge in [-0.05, 0) is 74.9 Å². The van der Waals surface area contributed by atoms with Gasteiger partial charge in [-0.25, -0.2) is 0 Å². The number of anilines is 2. The Balaban J connectivity index is 1.35. The summed E-state index contributed by atoms with van der Waals surface area (Å²) in [7, 11) is 0. The van der Waals surface area contributed by atoms with Crippen molar-refractivity contribution in [1.82, 2.24) is 10.2 Å². The Morgan fingerprint density at radius 3 is 2.47 bits per heavy atom. The van der Waals surface area contributed by atoms with Crippen LogP contribution < -0.4 is 19.9 Å². The van der Waals surface area contributed by atoms with Gasteiger partial charge < -0.3 is 19.9 Å². The fourth-order valence-corrected chi connectivity index (χ4v) is 5.43. The third kappa shape index (κ3) is 4.90. The van der Waals surface area contributed by atoms with Crippen molar-refractivity contribution in [3.05, 3.63) is 53.6 Å². The van der Waals surface area contributed by atoms with Gasteiger partial charge in [0, 0.05) is 31.7 Å². The molecular formula is C28H34N4O4. The molecule has 8 nitrogen and oxygen atoms in total. The summed E-state index contributed by atoms with van der Waals surface area (Å²) >= 11 is 0. The first kappa shape index (κ1) is 24.2. The summed E-state index contributed by atoms with van der Waals surface area (Å²) in [6.07, 6.45) is 4.83. The molecule has 3 aliphatic heterocycles. The maximum atomic E-state index is 13.6. The molecular weight excluding hydrogens is 456 g/mol. The van der Waals surface area contributed by atoms with Gasteiger partial charge in [0.1, 0.15) is 18.3 Å². The molecule has 2 saturated heterocycles. The van der Waals surface area contributed by atoms with Gasteiger partial charge in [0.15, 0.2) is 0 Å². The SMILES string of the molecule is CCOc1ccc(CNC(=O)CN2C(=O)[C@@H]3CCCCN3c3ccc(C(=O)N4CCCC4)cc32)cc1. The van der Waals surface area contributed by atoms with Crippen molar-refractivity contribution in [1.29, 1.82) is 0 Å². The standard InChI is InChI=1S/C28H34N4O4/c1-2-36-22-11-8-20(9-12-22)18-29-26(33)19-32-25-17-21(27(34)30-14-5-6-15-30)10-13-23(25)31-16-4-3-7-24(31)28(32)35/h8-13,17,24H,2-7,14-16,18-19H2,1H3,(H,29,33)/t24-/m0/s1. The monoisotopic (exact) mass is 490 g/mol. The number of fused-ring (bicyclic) bond motifs is 3. The quantitative estimate of drug-likeness (QED) is 0.644. The fourth-order valence-electron chi connectivity index (χ4n) is 5.43. The van der Waals surface area contributed by atoms with Crippen molar-refractivity contribution in [2.75, 3.05) is 42.6 Å². The molecule has 8 heteroatoms. The molecule has 3 aliphatic rings. The summed E-state index contributed by atoms with van der Waals surface area (Å²) in [5.41, 5.74) is 3.10. The van der Waals surface area contributed by atoms with E-state index in [2.05, 4.69) is 10.2 Å². The molecule has 5 rings (SSSR count). The number of nitrogens with one attached hydrogen (secondary N) is 1. The minimum Gasteiger partial charge on any atom is -0.494 e. The summed E-state index contributed by atoms with van der Waals surface area (Å²) < 4.78 is 5.47. The first-order valence-electron chi connectivity index (χ1n) is 13.0. The fraction of sp³-hybridized carbons (Fsp3) is 0.464. The molecule has 1 N–H and O–H groups in total. The minimum absolute atomic E-state index is 0.0107. The predicted molar refractivity (Wildman–Crippen MR) is 138 cm³/mol. The van der Waals surface area contributed by atoms with E-state index in [1.807, 2.05) is 48.2 Å². The maximum absolute atomic E-state index is 13.6. The number of rotatable bonds is 7. The van der Waals surface area contributed by atoms with Crippen LogP contribution in [0.25, 0.3) is 0 Å². The van der Waals surface area contributed by atoms with Gasteiger partial charge in [-0.15, -0.1) is 0 Å². The molecule has 0 spiro atoms. The lowest BCUT2D eigenvalue weighted by Crippen LogP contribution is -2.57. The summed E-state index contributed by atoms with van der Waals surface area (Å²) in [5.74, 6) is 0.482. The lowest BCUT2D eigenvalue weighted by Gasteiger charge is -2.45. The Bertz CT molecular complexity index is 1130. The van der Waals surface area contributed by atoms with Gasteiger partial charge in [-0.3, -0.25) is 19.3 Å². The molecule has 0 bridgehead atoms. The van der Waals surface area contributed by atoms with Crippen molar-refractivity contribution in [3.8, 4) is 5.75 Å². The summed E-state index contributed by atoms with van der Waals surface area (Å²) in [5, 5.41) is 2.94. The van der Waals surface area contributed by atoms with E-state index in [9.17, 15) is 14.4 Å². The number of piperidine rings is 1. The van der Waals surface area contributed by atoms with E-state index in [0.717, 1.165) is 68.7 Å². The van der Waals surface area contributed by atoms with Crippen LogP contribution in [0.4, 0.5) is 11.4 Å². The van der Waals surface area contributed by atoms with E-state index in [1.165, 1.54) is 0 Å². The van der Waals surface area contributed by atoms with Crippen LogP contribution in [0.1, 0.15) is 54.9 Å². The number of hydrogen-bond acceptors (Lipinski definition) is 5. The number of hydrogen-bond donors (Lipinski definition) is 1. The van der Waals surface area contributed by atoms with Gasteiger partial charge in [-0.1, -0.05) is 12.1 Å². The second-order valence-electron chi connectivity index (χ2n) is 9.69. The van der Waals surface area contributed by atoms with E-state index in [1.54, 1.807) is 11.0 Å². The number of likely N-dealkylation sites (tertiary alicyclic amines) is 1. The molecule has 2 aromatic carbocycles. The molecule has 0 saturated carbocycles. The zero-order valence-electron chi connectivity index (χ0n) is 20.9. The van der Waals surface area contributed by atoms with Crippen LogP contribution in [0.5, 0.6) is 5.75 Å². The second-order valence-corrected chi connectivity index (χ2v) is 9.69. The highest BCUT2D eigenvalue weighted by Gasteiger charge is 2.40. The van der Waals surface area contributed by atoms with Crippen LogP contribution in [-0.2, 0) is 16.1 Å². The molecule has 0 unspecified atom stereocenters. The maximum Gasteiger partial charge on any atom is 0.253 e. The van der Waals surface area contributed by atoms with Gasteiger partial charge in [0.25, 0.3) is 5.91 Å². The van der Waals surface area contributed by atoms with Crippen molar-refractivity contribution in [3.63, 3.8) is 0 Å². The average molecular weight is 491 g/mol. The van der Waals surface area contributed by atoms with Crippen LogP contribution >= 0.6 is 0 Å². The third-order valence-corrected chi connectivity index (χ3v) is 7.30. The molecule has 3 amide bonds. The van der Waals surface area contributed by atoms with E-state index in [-0.39, 0.29) is 30.3 Å². The topological polar surface area (TPSA) is 82.2 Å². The Labute approximate surface area is 212 Å². The summed E-state index contributed by atoms with van der Waals surface area (Å²) in [4.78, 5) is 45.2. The van der Waals surface area contributed by atoms with E-state index < -0.39 is 0 Å². The Hall–Kier alpha value is -3.55. The van der Waals surface area contributed by atoms with Gasteiger partial charge >= 0.3 is 0 Å². The molecule has 2 fully saturated rings. The van der Waals surface area contributed by atoms with Gasteiger partial charge in [0.2, 0.25) is 11.8 Å². The molecule has 0 radical (unpaired) electrons. The molecule has 0 aromatic heterocycles. The van der Waals surface area contributed by atoms with Gasteiger partial charge in [-0.2, -0.15) is 0 Å².